The van der Waals surface area contributed by atoms with Crippen LogP contribution >= 0.6 is 0 Å². The van der Waals surface area contributed by atoms with Gasteiger partial charge in [-0.05, 0) is 5.78 Å². The Kier molecular flexibility index (Phi) is 46.2. The van der Waals surface area contributed by atoms with E-state index in [1.807, 2.05) is 20.3 Å². The second-order valence-electron chi connectivity index (χ2n) is 1.59. The molecule has 0 aliphatic carbocycles. The largest absolute Gasteiger partial charge is 0.342 e. The van der Waals surface area contributed by atoms with Crippen LogP contribution < -0.4 is 0 Å². The van der Waals surface area contributed by atoms with E-state index in [1.54, 1.807) is 0 Å². The monoisotopic (exact) mass is 744 g/mol. The van der Waals surface area contributed by atoms with Gasteiger partial charge in [-0.25, -0.2) is 0 Å². The van der Waals surface area contributed by atoms with E-state index in [0.29, 0.717) is 0 Å². The molecule has 0 N–H and O–H groups in total. The van der Waals surface area contributed by atoms with Crippen LogP contribution in [0.1, 0.15) is 13.8 Å². The summed E-state index contributed by atoms with van der Waals surface area (Å²) in [5.74, 6) is 0.0162. The Hall–Kier alpha value is 0.930. The molecule has 63 valence electrons. The Morgan fingerprint density at radius 1 is 1.55 bits per heavy atom. The summed E-state index contributed by atoms with van der Waals surface area (Å²) in [4.78, 5) is 10.2. The molecular weight excluding hydrogens is 733 g/mol. The first kappa shape index (κ1) is 29.7. The second-order valence-corrected chi connectivity index (χ2v) is 1.59. The summed E-state index contributed by atoms with van der Waals surface area (Å²) in [5.41, 5.74) is 0. The van der Waals surface area contributed by atoms with Crippen molar-refractivity contribution in [2.75, 3.05) is 0 Å². The minimum absolute atomic E-state index is 0. The number of Topliss-reactive ketones (excluding diaryl/α,β-unsaturated/α-hetero) is 1. The molecule has 1 nitrogen and oxygen atoms in total. The fourth-order valence-electron chi connectivity index (χ4n) is 0.186. The average molecular weight is 743 g/mol. The minimum Gasteiger partial charge on any atom is -0.342 e. The normalized spacial score (nSPS) is 8.55. The maximum Gasteiger partial charge on any atom is 0 e. The summed E-state index contributed by atoms with van der Waals surface area (Å²) in [6.07, 6.45) is 1.83. The van der Waals surface area contributed by atoms with E-state index >= 15 is 0 Å². The van der Waals surface area contributed by atoms with E-state index in [1.165, 1.54) is 0 Å². The van der Waals surface area contributed by atoms with Crippen LogP contribution in [0.15, 0.2) is 0 Å². The molecule has 0 aromatic carbocycles. The van der Waals surface area contributed by atoms with Gasteiger partial charge in [0.25, 0.3) is 0 Å². The topological polar surface area (TPSA) is 17.1 Å². The number of carbonyl (C=O) groups excluding carboxylic acids is 1. The molecular formula is C6H10OReRfRhY-2. The maximum absolute atomic E-state index is 10.2. The van der Waals surface area contributed by atoms with E-state index in [2.05, 4.69) is 6.92 Å². The van der Waals surface area contributed by atoms with Gasteiger partial charge in [0, 0.05) is 72.6 Å². The van der Waals surface area contributed by atoms with Gasteiger partial charge >= 0.3 is 0 Å². The average Bonchev–Trinajstić information content (AvgIpc) is 1.65. The van der Waals surface area contributed by atoms with Crippen molar-refractivity contribution in [1.82, 2.24) is 0 Å². The van der Waals surface area contributed by atoms with Crippen molar-refractivity contribution < 1.29 is 77.4 Å². The molecule has 0 spiro atoms. The van der Waals surface area contributed by atoms with E-state index in [9.17, 15) is 4.79 Å². The van der Waals surface area contributed by atoms with E-state index in [0.717, 1.165) is 0 Å². The first-order chi connectivity index (χ1) is 3.18. The molecule has 0 fully saturated rings. The Balaban J connectivity index is -0.0000000300. The zero-order valence-corrected chi connectivity index (χ0v) is 20.4. The van der Waals surface area contributed by atoms with Gasteiger partial charge in [0.1, 0.15) is 0 Å². The third-order valence-electron chi connectivity index (χ3n) is 1.01. The van der Waals surface area contributed by atoms with Crippen LogP contribution in [0.3, 0.4) is 0 Å². The summed E-state index contributed by atoms with van der Waals surface area (Å²) in [5, 5.41) is 0. The van der Waals surface area contributed by atoms with Crippen molar-refractivity contribution in [3.63, 3.8) is 0 Å². The van der Waals surface area contributed by atoms with Gasteiger partial charge in [-0.3, -0.25) is 0 Å². The number of rotatable bonds is 2. The standard InChI is InChI=1S/C6H10O.Re.Rf.Rh.Y/c1-4-5(2)6(3)7;;;;/h4-5H,3H2,1-2H3;;;;/q-2;;;;. The third-order valence-corrected chi connectivity index (χ3v) is 1.01. The minimum atomic E-state index is -0.0116. The Morgan fingerprint density at radius 2 is 1.82 bits per heavy atom. The summed E-state index contributed by atoms with van der Waals surface area (Å²) >= 11 is 0. The first-order valence-corrected chi connectivity index (χ1v) is 2.33. The van der Waals surface area contributed by atoms with Crippen LogP contribution in [0, 0.1) is 19.3 Å². The number of carbonyl (C=O) groups is 1. The molecule has 0 aromatic heterocycles. The fourth-order valence-corrected chi connectivity index (χ4v) is 0.186. The molecule has 5 heteroatoms. The van der Waals surface area contributed by atoms with Gasteiger partial charge in [0.2, 0.25) is 0 Å². The van der Waals surface area contributed by atoms with Crippen LogP contribution in [0.4, 0.5) is 0 Å². The SMILES string of the molecule is [CH2-]C(=O)C(C)[CH-]C.[Re].[Rf].[Rh].[Y]. The zero-order chi connectivity index (χ0) is 5.86. The molecule has 3 radical (unpaired) electrons. The van der Waals surface area contributed by atoms with Crippen molar-refractivity contribution >= 4 is 5.78 Å². The molecule has 1 atom stereocenters. The van der Waals surface area contributed by atoms with Crippen LogP contribution in [-0.4, -0.2) is 5.78 Å². The molecule has 0 rings (SSSR count). The number of ketones is 1. The summed E-state index contributed by atoms with van der Waals surface area (Å²) in [6.45, 7) is 6.92. The molecule has 0 aliphatic rings. The van der Waals surface area contributed by atoms with Crippen molar-refractivity contribution in [3.8, 4) is 0 Å². The molecule has 11 heavy (non-hydrogen) atoms. The van der Waals surface area contributed by atoms with Gasteiger partial charge in [-0.15, -0.1) is 5.92 Å². The van der Waals surface area contributed by atoms with Gasteiger partial charge < -0.3 is 18.1 Å². The molecule has 0 bridgehead atoms. The molecule has 0 amide bonds. The molecule has 0 saturated heterocycles. The van der Waals surface area contributed by atoms with E-state index in [4.69, 9.17) is 0 Å². The summed E-state index contributed by atoms with van der Waals surface area (Å²) < 4.78 is 0. The van der Waals surface area contributed by atoms with Crippen molar-refractivity contribution in [1.29, 1.82) is 0 Å². The predicted octanol–water partition coefficient (Wildman–Crippen LogP) is 1.24. The second kappa shape index (κ2) is 17.1. The molecule has 0 aliphatic heterocycles. The molecule has 0 aromatic rings. The Bertz CT molecular complexity index is 85.0. The predicted molar refractivity (Wildman–Crippen MR) is 29.5 cm³/mol. The van der Waals surface area contributed by atoms with Gasteiger partial charge in [0.05, 0.1) is 0 Å². The van der Waals surface area contributed by atoms with Gasteiger partial charge in [-0.2, -0.15) is 6.92 Å². The zero-order valence-electron chi connectivity index (χ0n) is 6.77. The molecule has 0 heterocycles. The molecule has 1 unspecified atom stereocenters. The Morgan fingerprint density at radius 3 is 1.82 bits per heavy atom. The quantitative estimate of drug-likeness (QED) is 0.308. The van der Waals surface area contributed by atoms with Crippen LogP contribution in [0.2, 0.25) is 0 Å². The molecule has 0 saturated carbocycles. The van der Waals surface area contributed by atoms with Crippen molar-refractivity contribution in [3.05, 3.63) is 13.3 Å². The number of hydrogen-bond acceptors (Lipinski definition) is 1. The fraction of sp³-hybridized carbons (Fsp3) is 0.500. The third kappa shape index (κ3) is 18.1. The van der Waals surface area contributed by atoms with Crippen molar-refractivity contribution in [2.45, 2.75) is 13.8 Å². The van der Waals surface area contributed by atoms with Crippen LogP contribution in [0.25, 0.3) is 0 Å². The van der Waals surface area contributed by atoms with Crippen LogP contribution in [-0.2, 0) is 77.4 Å². The first-order valence-electron chi connectivity index (χ1n) is 2.33. The van der Waals surface area contributed by atoms with Crippen molar-refractivity contribution in [2.24, 2.45) is 5.92 Å². The number of hydrogen-bond donors (Lipinski definition) is 0. The summed E-state index contributed by atoms with van der Waals surface area (Å²) in [7, 11) is 0. The smallest absolute Gasteiger partial charge is 0 e. The summed E-state index contributed by atoms with van der Waals surface area (Å²) in [6, 6.07) is 0. The van der Waals surface area contributed by atoms with E-state index < -0.39 is 0 Å². The Labute approximate surface area is 115 Å². The van der Waals surface area contributed by atoms with E-state index in [-0.39, 0.29) is 84.3 Å². The van der Waals surface area contributed by atoms with Gasteiger partial charge in [-0.1, -0.05) is 6.92 Å². The van der Waals surface area contributed by atoms with Crippen LogP contribution in [0.5, 0.6) is 0 Å². The maximum atomic E-state index is 10.2. The van der Waals surface area contributed by atoms with Gasteiger partial charge in [0.15, 0.2) is 0 Å².